The number of fused-ring (bicyclic) bond motifs is 1. The van der Waals surface area contributed by atoms with Crippen LogP contribution in [0.3, 0.4) is 0 Å². The average molecular weight is 328 g/mol. The summed E-state index contributed by atoms with van der Waals surface area (Å²) >= 11 is 1.54. The summed E-state index contributed by atoms with van der Waals surface area (Å²) < 4.78 is 0. The first-order valence-corrected chi connectivity index (χ1v) is 8.93. The molecule has 0 unspecified atom stereocenters. The molecule has 0 spiro atoms. The molecule has 0 saturated carbocycles. The number of amides is 1. The lowest BCUT2D eigenvalue weighted by Gasteiger charge is -2.24. The number of likely N-dealkylation sites (tertiary alicyclic amines) is 2. The minimum Gasteiger partial charge on any atom is -0.333 e. The van der Waals surface area contributed by atoms with Crippen LogP contribution in [0.4, 0.5) is 0 Å². The fourth-order valence-corrected chi connectivity index (χ4v) is 4.38. The van der Waals surface area contributed by atoms with E-state index >= 15 is 0 Å². The van der Waals surface area contributed by atoms with E-state index in [-0.39, 0.29) is 5.91 Å². The molecule has 2 aromatic rings. The van der Waals surface area contributed by atoms with Gasteiger partial charge in [0.2, 0.25) is 0 Å². The van der Waals surface area contributed by atoms with Crippen LogP contribution in [0.15, 0.2) is 29.9 Å². The number of aryl methyl sites for hydroxylation is 1. The molecule has 2 aliphatic heterocycles. The highest BCUT2D eigenvalue weighted by Crippen LogP contribution is 2.33. The van der Waals surface area contributed by atoms with E-state index < -0.39 is 0 Å². The molecule has 6 heteroatoms. The van der Waals surface area contributed by atoms with Crippen LogP contribution in [0.5, 0.6) is 0 Å². The van der Waals surface area contributed by atoms with Crippen LogP contribution in [-0.2, 0) is 6.54 Å². The van der Waals surface area contributed by atoms with Crippen molar-refractivity contribution in [1.29, 1.82) is 0 Å². The van der Waals surface area contributed by atoms with Crippen molar-refractivity contribution >= 4 is 17.2 Å². The van der Waals surface area contributed by atoms with Crippen LogP contribution >= 0.6 is 11.3 Å². The number of carbonyl (C=O) groups is 1. The number of hydrogen-bond acceptors (Lipinski definition) is 5. The van der Waals surface area contributed by atoms with Gasteiger partial charge in [-0.2, -0.15) is 0 Å². The van der Waals surface area contributed by atoms with Crippen molar-refractivity contribution < 1.29 is 4.79 Å². The first-order valence-electron chi connectivity index (χ1n) is 8.05. The van der Waals surface area contributed by atoms with Crippen molar-refractivity contribution in [3.63, 3.8) is 0 Å². The van der Waals surface area contributed by atoms with E-state index in [4.69, 9.17) is 0 Å². The zero-order chi connectivity index (χ0) is 15.8. The number of thiazole rings is 1. The monoisotopic (exact) mass is 328 g/mol. The number of hydrogen-bond donors (Lipinski definition) is 0. The van der Waals surface area contributed by atoms with Gasteiger partial charge in [-0.25, -0.2) is 4.98 Å². The minimum atomic E-state index is 0.102. The Morgan fingerprint density at radius 2 is 2.35 bits per heavy atom. The van der Waals surface area contributed by atoms with Crippen LogP contribution in [0.1, 0.15) is 27.5 Å². The van der Waals surface area contributed by atoms with Crippen molar-refractivity contribution in [2.24, 2.45) is 5.92 Å². The van der Waals surface area contributed by atoms with Gasteiger partial charge in [-0.1, -0.05) is 6.07 Å². The molecule has 2 aliphatic rings. The second kappa shape index (κ2) is 6.02. The second-order valence-corrected chi connectivity index (χ2v) is 7.48. The molecule has 0 N–H and O–H groups in total. The van der Waals surface area contributed by atoms with Gasteiger partial charge in [0, 0.05) is 50.0 Å². The van der Waals surface area contributed by atoms with E-state index in [1.54, 1.807) is 17.5 Å². The summed E-state index contributed by atoms with van der Waals surface area (Å²) in [6, 6.07) is 4.43. The molecule has 2 saturated heterocycles. The standard InChI is InChI=1S/C17H20N4OS/c1-12-19-15(11-23-12)17(22)21-6-4-14-9-20(10-16(14)21)8-13-3-2-5-18-7-13/h2-3,5,7,11,14,16H,4,6,8-10H2,1H3/t14-,16+/m0/s1. The lowest BCUT2D eigenvalue weighted by Crippen LogP contribution is -2.39. The Hall–Kier alpha value is -1.79. The van der Waals surface area contributed by atoms with Gasteiger partial charge in [0.25, 0.3) is 5.91 Å². The SMILES string of the molecule is Cc1nc(C(=O)N2CC[C@H]3CN(Cc4cccnc4)C[C@H]32)cs1. The van der Waals surface area contributed by atoms with E-state index in [1.165, 1.54) is 5.56 Å². The number of pyridine rings is 1. The molecule has 4 heterocycles. The maximum absolute atomic E-state index is 12.7. The third-order valence-corrected chi connectivity index (χ3v) is 5.62. The molecule has 23 heavy (non-hydrogen) atoms. The Labute approximate surface area is 140 Å². The summed E-state index contributed by atoms with van der Waals surface area (Å²) in [6.07, 6.45) is 4.83. The van der Waals surface area contributed by atoms with Gasteiger partial charge in [0.15, 0.2) is 0 Å². The Morgan fingerprint density at radius 3 is 3.09 bits per heavy atom. The van der Waals surface area contributed by atoms with E-state index in [9.17, 15) is 4.79 Å². The van der Waals surface area contributed by atoms with Crippen molar-refractivity contribution in [1.82, 2.24) is 19.8 Å². The molecular formula is C17H20N4OS. The van der Waals surface area contributed by atoms with Crippen LogP contribution in [0.25, 0.3) is 0 Å². The summed E-state index contributed by atoms with van der Waals surface area (Å²) in [5.74, 6) is 0.695. The smallest absolute Gasteiger partial charge is 0.273 e. The van der Waals surface area contributed by atoms with Gasteiger partial charge in [0.1, 0.15) is 5.69 Å². The Kier molecular flexibility index (Phi) is 3.87. The van der Waals surface area contributed by atoms with Gasteiger partial charge in [0.05, 0.1) is 5.01 Å². The van der Waals surface area contributed by atoms with Crippen LogP contribution in [0.2, 0.25) is 0 Å². The van der Waals surface area contributed by atoms with Crippen molar-refractivity contribution in [3.05, 3.63) is 46.2 Å². The van der Waals surface area contributed by atoms with Crippen LogP contribution in [-0.4, -0.2) is 51.4 Å². The van der Waals surface area contributed by atoms with Crippen molar-refractivity contribution in [3.8, 4) is 0 Å². The maximum atomic E-state index is 12.7. The topological polar surface area (TPSA) is 49.3 Å². The number of carbonyl (C=O) groups excluding carboxylic acids is 1. The third kappa shape index (κ3) is 2.88. The summed E-state index contributed by atoms with van der Waals surface area (Å²) in [7, 11) is 0. The molecule has 0 aromatic carbocycles. The number of nitrogens with zero attached hydrogens (tertiary/aromatic N) is 4. The van der Waals surface area contributed by atoms with Gasteiger partial charge in [-0.3, -0.25) is 14.7 Å². The molecule has 120 valence electrons. The minimum absolute atomic E-state index is 0.102. The molecule has 1 amide bonds. The molecule has 0 radical (unpaired) electrons. The highest BCUT2D eigenvalue weighted by molar-refractivity contribution is 7.09. The molecule has 4 rings (SSSR count). The summed E-state index contributed by atoms with van der Waals surface area (Å²) in [5, 5.41) is 2.83. The predicted octanol–water partition coefficient (Wildman–Crippen LogP) is 2.19. The Balaban J connectivity index is 1.44. The third-order valence-electron chi connectivity index (χ3n) is 4.85. The molecule has 2 atom stereocenters. The molecule has 2 fully saturated rings. The quantitative estimate of drug-likeness (QED) is 0.867. The van der Waals surface area contributed by atoms with E-state index in [0.29, 0.717) is 17.7 Å². The normalized spacial score (nSPS) is 24.1. The van der Waals surface area contributed by atoms with Crippen LogP contribution in [0, 0.1) is 12.8 Å². The summed E-state index contributed by atoms with van der Waals surface area (Å²) in [4.78, 5) is 25.7. The van der Waals surface area contributed by atoms with Gasteiger partial charge >= 0.3 is 0 Å². The predicted molar refractivity (Wildman–Crippen MR) is 89.3 cm³/mol. The fraction of sp³-hybridized carbons (Fsp3) is 0.471. The molecule has 0 bridgehead atoms. The first kappa shape index (κ1) is 14.8. The average Bonchev–Trinajstić information content (AvgIpc) is 3.23. The zero-order valence-electron chi connectivity index (χ0n) is 13.2. The molecule has 5 nitrogen and oxygen atoms in total. The summed E-state index contributed by atoms with van der Waals surface area (Å²) in [6.45, 7) is 5.75. The molecule has 0 aliphatic carbocycles. The largest absolute Gasteiger partial charge is 0.333 e. The van der Waals surface area contributed by atoms with Gasteiger partial charge in [-0.15, -0.1) is 11.3 Å². The van der Waals surface area contributed by atoms with Gasteiger partial charge in [-0.05, 0) is 30.9 Å². The molecular weight excluding hydrogens is 308 g/mol. The van der Waals surface area contributed by atoms with E-state index in [0.717, 1.165) is 37.6 Å². The van der Waals surface area contributed by atoms with E-state index in [1.807, 2.05) is 29.5 Å². The Morgan fingerprint density at radius 1 is 1.43 bits per heavy atom. The fourth-order valence-electron chi connectivity index (χ4n) is 3.79. The zero-order valence-corrected chi connectivity index (χ0v) is 14.0. The number of aromatic nitrogens is 2. The highest BCUT2D eigenvalue weighted by Gasteiger charge is 2.43. The van der Waals surface area contributed by atoms with Crippen molar-refractivity contribution in [2.45, 2.75) is 25.9 Å². The number of rotatable bonds is 3. The van der Waals surface area contributed by atoms with Crippen LogP contribution < -0.4 is 0 Å². The molecule has 2 aromatic heterocycles. The lowest BCUT2D eigenvalue weighted by molar-refractivity contribution is 0.0721. The summed E-state index contributed by atoms with van der Waals surface area (Å²) in [5.41, 5.74) is 1.85. The van der Waals surface area contributed by atoms with E-state index in [2.05, 4.69) is 20.9 Å². The lowest BCUT2D eigenvalue weighted by atomic mass is 10.1. The maximum Gasteiger partial charge on any atom is 0.273 e. The van der Waals surface area contributed by atoms with Gasteiger partial charge < -0.3 is 4.90 Å². The van der Waals surface area contributed by atoms with Crippen molar-refractivity contribution in [2.75, 3.05) is 19.6 Å². The highest BCUT2D eigenvalue weighted by atomic mass is 32.1. The second-order valence-electron chi connectivity index (χ2n) is 6.42. The first-order chi connectivity index (χ1) is 11.2. The Bertz CT molecular complexity index is 702.